The standard InChI is InChI=1S/C13H18ClN3O/c1-9-3-2-4-10(5-9)6-15-13-11(7-18)12(14)16-8-17-13/h7-10H,2-6H2,1H3,(H,15,16,17). The number of nitrogens with one attached hydrogen (secondary N) is 1. The lowest BCUT2D eigenvalue weighted by atomic mass is 9.82. The van der Waals surface area contributed by atoms with E-state index in [1.54, 1.807) is 0 Å². The fourth-order valence-electron chi connectivity index (χ4n) is 2.61. The van der Waals surface area contributed by atoms with Gasteiger partial charge in [-0.15, -0.1) is 0 Å². The first-order chi connectivity index (χ1) is 8.70. The Hall–Kier alpha value is -1.16. The number of anilines is 1. The van der Waals surface area contributed by atoms with Crippen molar-refractivity contribution in [2.24, 2.45) is 11.8 Å². The molecule has 0 amide bonds. The van der Waals surface area contributed by atoms with E-state index in [1.807, 2.05) is 0 Å². The van der Waals surface area contributed by atoms with E-state index in [0.717, 1.165) is 12.5 Å². The molecular formula is C13H18ClN3O. The first kappa shape index (κ1) is 13.3. The highest BCUT2D eigenvalue weighted by Gasteiger charge is 2.19. The van der Waals surface area contributed by atoms with E-state index in [-0.39, 0.29) is 5.15 Å². The third-order valence-electron chi connectivity index (χ3n) is 3.56. The molecule has 0 spiro atoms. The van der Waals surface area contributed by atoms with Crippen LogP contribution >= 0.6 is 11.6 Å². The second kappa shape index (κ2) is 6.14. The number of carbonyl (C=O) groups is 1. The average molecular weight is 268 g/mol. The second-order valence-corrected chi connectivity index (χ2v) is 5.42. The van der Waals surface area contributed by atoms with E-state index < -0.39 is 0 Å². The van der Waals surface area contributed by atoms with Gasteiger partial charge in [0.05, 0.1) is 5.56 Å². The van der Waals surface area contributed by atoms with Crippen LogP contribution in [0.15, 0.2) is 6.33 Å². The number of hydrogen-bond acceptors (Lipinski definition) is 4. The highest BCUT2D eigenvalue weighted by atomic mass is 35.5. The predicted molar refractivity (Wildman–Crippen MR) is 72.0 cm³/mol. The van der Waals surface area contributed by atoms with Crippen molar-refractivity contribution in [2.75, 3.05) is 11.9 Å². The van der Waals surface area contributed by atoms with E-state index in [2.05, 4.69) is 22.2 Å². The Balaban J connectivity index is 1.97. The van der Waals surface area contributed by atoms with Gasteiger partial charge in [-0.1, -0.05) is 31.4 Å². The molecule has 0 aromatic carbocycles. The topological polar surface area (TPSA) is 54.9 Å². The van der Waals surface area contributed by atoms with E-state index in [9.17, 15) is 4.79 Å². The molecule has 0 radical (unpaired) electrons. The molecule has 0 bridgehead atoms. The Labute approximate surface area is 112 Å². The summed E-state index contributed by atoms with van der Waals surface area (Å²) in [6, 6.07) is 0. The first-order valence-corrected chi connectivity index (χ1v) is 6.78. The molecule has 1 aromatic rings. The smallest absolute Gasteiger partial charge is 0.156 e. The lowest BCUT2D eigenvalue weighted by Crippen LogP contribution is -2.22. The number of aldehydes is 1. The van der Waals surface area contributed by atoms with Crippen molar-refractivity contribution in [3.05, 3.63) is 17.0 Å². The van der Waals surface area contributed by atoms with Crippen molar-refractivity contribution < 1.29 is 4.79 Å². The van der Waals surface area contributed by atoms with Crippen LogP contribution in [0.25, 0.3) is 0 Å². The predicted octanol–water partition coefficient (Wildman–Crippen LogP) is 3.18. The Kier molecular flexibility index (Phi) is 4.53. The third-order valence-corrected chi connectivity index (χ3v) is 3.86. The molecular weight excluding hydrogens is 250 g/mol. The van der Waals surface area contributed by atoms with Crippen molar-refractivity contribution in [2.45, 2.75) is 32.6 Å². The number of carbonyl (C=O) groups excluding carboxylic acids is 1. The van der Waals surface area contributed by atoms with Crippen LogP contribution in [0.4, 0.5) is 5.82 Å². The van der Waals surface area contributed by atoms with Gasteiger partial charge in [0.25, 0.3) is 0 Å². The molecule has 2 unspecified atom stereocenters. The summed E-state index contributed by atoms with van der Waals surface area (Å²) < 4.78 is 0. The van der Waals surface area contributed by atoms with Gasteiger partial charge in [-0.2, -0.15) is 0 Å². The Morgan fingerprint density at radius 1 is 1.50 bits per heavy atom. The van der Waals surface area contributed by atoms with E-state index in [0.29, 0.717) is 23.6 Å². The number of halogens is 1. The summed E-state index contributed by atoms with van der Waals surface area (Å²) in [5.41, 5.74) is 0.350. The van der Waals surface area contributed by atoms with Gasteiger partial charge in [-0.25, -0.2) is 9.97 Å². The largest absolute Gasteiger partial charge is 0.369 e. The van der Waals surface area contributed by atoms with Gasteiger partial charge >= 0.3 is 0 Å². The zero-order valence-electron chi connectivity index (χ0n) is 10.5. The maximum Gasteiger partial charge on any atom is 0.156 e. The van der Waals surface area contributed by atoms with Gasteiger partial charge < -0.3 is 5.32 Å². The number of rotatable bonds is 4. The molecule has 1 aliphatic carbocycles. The summed E-state index contributed by atoms with van der Waals surface area (Å²) >= 11 is 5.85. The van der Waals surface area contributed by atoms with Crippen molar-refractivity contribution >= 4 is 23.7 Å². The first-order valence-electron chi connectivity index (χ1n) is 6.40. The van der Waals surface area contributed by atoms with Crippen LogP contribution in [0.3, 0.4) is 0 Å². The summed E-state index contributed by atoms with van der Waals surface area (Å²) in [4.78, 5) is 18.8. The zero-order chi connectivity index (χ0) is 13.0. The number of aromatic nitrogens is 2. The molecule has 1 heterocycles. The molecule has 1 aromatic heterocycles. The van der Waals surface area contributed by atoms with E-state index in [1.165, 1.54) is 32.0 Å². The highest BCUT2D eigenvalue weighted by Crippen LogP contribution is 2.29. The Morgan fingerprint density at radius 3 is 3.06 bits per heavy atom. The normalized spacial score (nSPS) is 23.7. The van der Waals surface area contributed by atoms with Gasteiger partial charge in [0.2, 0.25) is 0 Å². The molecule has 98 valence electrons. The molecule has 2 rings (SSSR count). The molecule has 5 heteroatoms. The maximum atomic E-state index is 10.9. The van der Waals surface area contributed by atoms with Crippen molar-refractivity contribution in [1.82, 2.24) is 9.97 Å². The van der Waals surface area contributed by atoms with Crippen LogP contribution in [-0.2, 0) is 0 Å². The van der Waals surface area contributed by atoms with Gasteiger partial charge in [-0.05, 0) is 24.7 Å². The lowest BCUT2D eigenvalue weighted by Gasteiger charge is -2.27. The van der Waals surface area contributed by atoms with Gasteiger partial charge in [0, 0.05) is 6.54 Å². The fraction of sp³-hybridized carbons (Fsp3) is 0.615. The van der Waals surface area contributed by atoms with Crippen molar-refractivity contribution in [3.8, 4) is 0 Å². The summed E-state index contributed by atoms with van der Waals surface area (Å²) in [6.45, 7) is 3.14. The van der Waals surface area contributed by atoms with E-state index in [4.69, 9.17) is 11.6 Å². The zero-order valence-corrected chi connectivity index (χ0v) is 11.3. The quantitative estimate of drug-likeness (QED) is 0.672. The van der Waals surface area contributed by atoms with Crippen LogP contribution in [0, 0.1) is 11.8 Å². The highest BCUT2D eigenvalue weighted by molar-refractivity contribution is 6.32. The van der Waals surface area contributed by atoms with Crippen LogP contribution in [0.2, 0.25) is 5.15 Å². The molecule has 1 N–H and O–H groups in total. The molecule has 1 aliphatic rings. The summed E-state index contributed by atoms with van der Waals surface area (Å²) in [5, 5.41) is 3.44. The molecule has 1 fully saturated rings. The molecule has 1 saturated carbocycles. The average Bonchev–Trinajstić information content (AvgIpc) is 2.36. The fourth-order valence-corrected chi connectivity index (χ4v) is 2.78. The van der Waals surface area contributed by atoms with Crippen molar-refractivity contribution in [1.29, 1.82) is 0 Å². The summed E-state index contributed by atoms with van der Waals surface area (Å²) in [5.74, 6) is 2.00. The van der Waals surface area contributed by atoms with Crippen LogP contribution < -0.4 is 5.32 Å². The molecule has 0 aliphatic heterocycles. The van der Waals surface area contributed by atoms with Crippen LogP contribution in [0.1, 0.15) is 43.0 Å². The van der Waals surface area contributed by atoms with Gasteiger partial charge in [0.1, 0.15) is 17.3 Å². The molecule has 2 atom stereocenters. The summed E-state index contributed by atoms with van der Waals surface area (Å²) in [6.07, 6.45) is 7.18. The minimum Gasteiger partial charge on any atom is -0.369 e. The van der Waals surface area contributed by atoms with E-state index >= 15 is 0 Å². The number of hydrogen-bond donors (Lipinski definition) is 1. The van der Waals surface area contributed by atoms with Gasteiger partial charge in [0.15, 0.2) is 6.29 Å². The third kappa shape index (κ3) is 3.19. The lowest BCUT2D eigenvalue weighted by molar-refractivity contribution is 0.112. The Morgan fingerprint density at radius 2 is 2.33 bits per heavy atom. The maximum absolute atomic E-state index is 10.9. The molecule has 0 saturated heterocycles. The second-order valence-electron chi connectivity index (χ2n) is 5.06. The Bertz CT molecular complexity index is 425. The minimum atomic E-state index is 0.208. The molecule has 4 nitrogen and oxygen atoms in total. The van der Waals surface area contributed by atoms with Crippen LogP contribution in [-0.4, -0.2) is 22.8 Å². The minimum absolute atomic E-state index is 0.208. The SMILES string of the molecule is CC1CCCC(CNc2ncnc(Cl)c2C=O)C1. The van der Waals surface area contributed by atoms with Gasteiger partial charge in [-0.3, -0.25) is 4.79 Å². The molecule has 18 heavy (non-hydrogen) atoms. The number of nitrogens with zero attached hydrogens (tertiary/aromatic N) is 2. The monoisotopic (exact) mass is 267 g/mol. The van der Waals surface area contributed by atoms with Crippen LogP contribution in [0.5, 0.6) is 0 Å². The van der Waals surface area contributed by atoms with Crippen molar-refractivity contribution in [3.63, 3.8) is 0 Å². The summed E-state index contributed by atoms with van der Waals surface area (Å²) in [7, 11) is 0.